The van der Waals surface area contributed by atoms with Crippen LogP contribution in [0.15, 0.2) is 24.3 Å². The number of hydrogen-bond donors (Lipinski definition) is 2. The highest BCUT2D eigenvalue weighted by molar-refractivity contribution is 7.17. The van der Waals surface area contributed by atoms with E-state index < -0.39 is 28.9 Å². The topological polar surface area (TPSA) is 146 Å². The number of carbonyl (C=O) groups is 3. The minimum atomic E-state index is -1.23. The van der Waals surface area contributed by atoms with Crippen molar-refractivity contribution in [2.24, 2.45) is 0 Å². The van der Waals surface area contributed by atoms with Crippen LogP contribution in [-0.2, 0) is 9.53 Å². The molecule has 0 saturated carbocycles. The molecule has 2 amide bonds. The van der Waals surface area contributed by atoms with Crippen LogP contribution in [0.1, 0.15) is 16.6 Å². The van der Waals surface area contributed by atoms with Gasteiger partial charge in [-0.25, -0.2) is 14.0 Å². The number of nitro groups is 1. The van der Waals surface area contributed by atoms with E-state index in [9.17, 15) is 29.6 Å². The fourth-order valence-electron chi connectivity index (χ4n) is 4.04. The summed E-state index contributed by atoms with van der Waals surface area (Å²) >= 11 is 0.610. The number of piperazine rings is 1. The molecule has 2 saturated heterocycles. The maximum atomic E-state index is 15.0. The zero-order valence-electron chi connectivity index (χ0n) is 18.6. The van der Waals surface area contributed by atoms with Crippen molar-refractivity contribution < 1.29 is 33.5 Å². The van der Waals surface area contributed by atoms with Crippen LogP contribution in [0.4, 0.5) is 31.2 Å². The standard InChI is InChI=1S/C21H22FN5O7S/c1-12(28)23-10-14-11-26(21(31)34-14)13-2-3-16(15(22)8-13)24-4-6-25(7-5-24)17-9-18(20(29)30)35-19(17)27(32)33/h2-3,8-9,14H,4-7,10-11H2,1H3,(H,23,28)(H,29,30)/t14-/m0/s1. The summed E-state index contributed by atoms with van der Waals surface area (Å²) in [5.74, 6) is -2.01. The van der Waals surface area contributed by atoms with Crippen LogP contribution in [0, 0.1) is 15.9 Å². The van der Waals surface area contributed by atoms with E-state index in [-0.39, 0.29) is 34.6 Å². The van der Waals surface area contributed by atoms with Gasteiger partial charge in [-0.3, -0.25) is 19.8 Å². The van der Waals surface area contributed by atoms with Gasteiger partial charge in [0.05, 0.1) is 29.4 Å². The van der Waals surface area contributed by atoms with Gasteiger partial charge < -0.3 is 25.0 Å². The minimum absolute atomic E-state index is 0.115. The molecule has 1 aromatic heterocycles. The number of aromatic carboxylic acids is 1. The summed E-state index contributed by atoms with van der Waals surface area (Å²) in [7, 11) is 0. The highest BCUT2D eigenvalue weighted by atomic mass is 32.1. The van der Waals surface area contributed by atoms with Gasteiger partial charge in [-0.05, 0) is 24.3 Å². The number of thiophene rings is 1. The largest absolute Gasteiger partial charge is 0.477 e. The monoisotopic (exact) mass is 507 g/mol. The van der Waals surface area contributed by atoms with Gasteiger partial charge in [-0.15, -0.1) is 0 Å². The van der Waals surface area contributed by atoms with Crippen molar-refractivity contribution in [3.05, 3.63) is 45.1 Å². The van der Waals surface area contributed by atoms with E-state index in [2.05, 4.69) is 5.32 Å². The highest BCUT2D eigenvalue weighted by Gasteiger charge is 2.33. The van der Waals surface area contributed by atoms with E-state index in [4.69, 9.17) is 4.74 Å². The SMILES string of the molecule is CC(=O)NC[C@H]1CN(c2ccc(N3CCN(c4cc(C(=O)O)sc4[N+](=O)[O-])CC3)c(F)c2)C(=O)O1. The van der Waals surface area contributed by atoms with Crippen molar-refractivity contribution in [1.82, 2.24) is 5.32 Å². The van der Waals surface area contributed by atoms with E-state index in [1.807, 2.05) is 0 Å². The second-order valence-corrected chi connectivity index (χ2v) is 9.06. The first-order valence-corrected chi connectivity index (χ1v) is 11.5. The lowest BCUT2D eigenvalue weighted by atomic mass is 10.2. The summed E-state index contributed by atoms with van der Waals surface area (Å²) in [5, 5.41) is 22.9. The maximum absolute atomic E-state index is 15.0. The number of anilines is 3. The number of carboxylic acids is 1. The molecule has 12 nitrogen and oxygen atoms in total. The van der Waals surface area contributed by atoms with E-state index in [1.165, 1.54) is 24.0 Å². The Morgan fingerprint density at radius 3 is 2.46 bits per heavy atom. The zero-order valence-corrected chi connectivity index (χ0v) is 19.4. The number of cyclic esters (lactones) is 1. The molecule has 2 N–H and O–H groups in total. The van der Waals surface area contributed by atoms with E-state index >= 15 is 4.39 Å². The highest BCUT2D eigenvalue weighted by Crippen LogP contribution is 2.38. The van der Waals surface area contributed by atoms with Gasteiger partial charge in [-0.2, -0.15) is 0 Å². The number of carbonyl (C=O) groups excluding carboxylic acids is 2. The molecule has 0 aliphatic carbocycles. The molecule has 186 valence electrons. The van der Waals surface area contributed by atoms with Crippen molar-refractivity contribution in [3.8, 4) is 0 Å². The Kier molecular flexibility index (Phi) is 6.73. The van der Waals surface area contributed by atoms with Gasteiger partial charge in [0, 0.05) is 33.1 Å². The quantitative estimate of drug-likeness (QED) is 0.426. The molecule has 0 radical (unpaired) electrons. The smallest absolute Gasteiger partial charge is 0.414 e. The van der Waals surface area contributed by atoms with Gasteiger partial charge >= 0.3 is 17.1 Å². The minimum Gasteiger partial charge on any atom is -0.477 e. The van der Waals surface area contributed by atoms with Crippen LogP contribution in [0.2, 0.25) is 0 Å². The molecule has 1 aromatic carbocycles. The van der Waals surface area contributed by atoms with Gasteiger partial charge in [-0.1, -0.05) is 11.3 Å². The zero-order chi connectivity index (χ0) is 25.3. The van der Waals surface area contributed by atoms with Crippen molar-refractivity contribution in [3.63, 3.8) is 0 Å². The molecule has 4 rings (SSSR count). The number of hydrogen-bond acceptors (Lipinski definition) is 9. The number of carboxylic acid groups (broad SMARTS) is 1. The van der Waals surface area contributed by atoms with Crippen molar-refractivity contribution in [1.29, 1.82) is 0 Å². The summed E-state index contributed by atoms with van der Waals surface area (Å²) in [6.07, 6.45) is -1.16. The maximum Gasteiger partial charge on any atom is 0.414 e. The normalized spacial score (nSPS) is 17.9. The second-order valence-electron chi connectivity index (χ2n) is 8.03. The summed E-state index contributed by atoms with van der Waals surface area (Å²) in [4.78, 5) is 49.9. The summed E-state index contributed by atoms with van der Waals surface area (Å²) in [6, 6.07) is 5.71. The van der Waals surface area contributed by atoms with Crippen LogP contribution < -0.4 is 20.0 Å². The van der Waals surface area contributed by atoms with Crippen molar-refractivity contribution in [2.75, 3.05) is 54.0 Å². The van der Waals surface area contributed by atoms with Crippen molar-refractivity contribution in [2.45, 2.75) is 13.0 Å². The Morgan fingerprint density at radius 1 is 1.23 bits per heavy atom. The number of benzene rings is 1. The fraction of sp³-hybridized carbons (Fsp3) is 0.381. The molecule has 2 fully saturated rings. The number of halogens is 1. The molecule has 14 heteroatoms. The molecule has 3 heterocycles. The van der Waals surface area contributed by atoms with Crippen LogP contribution >= 0.6 is 11.3 Å². The van der Waals surface area contributed by atoms with Crippen LogP contribution in [-0.4, -0.2) is 73.4 Å². The molecular weight excluding hydrogens is 485 g/mol. The third-order valence-electron chi connectivity index (χ3n) is 5.73. The molecule has 35 heavy (non-hydrogen) atoms. The average molecular weight is 508 g/mol. The van der Waals surface area contributed by atoms with Gasteiger partial charge in [0.15, 0.2) is 0 Å². The van der Waals surface area contributed by atoms with Crippen LogP contribution in [0.25, 0.3) is 0 Å². The third kappa shape index (κ3) is 5.11. The molecule has 1 atom stereocenters. The molecule has 0 spiro atoms. The third-order valence-corrected chi connectivity index (χ3v) is 6.79. The fourth-order valence-corrected chi connectivity index (χ4v) is 4.87. The molecule has 2 aliphatic heterocycles. The Morgan fingerprint density at radius 2 is 1.89 bits per heavy atom. The van der Waals surface area contributed by atoms with Crippen LogP contribution in [0.3, 0.4) is 0 Å². The number of amides is 2. The Balaban J connectivity index is 1.42. The number of nitrogens with zero attached hydrogens (tertiary/aromatic N) is 4. The first-order chi connectivity index (χ1) is 16.6. The van der Waals surface area contributed by atoms with E-state index in [1.54, 1.807) is 21.9 Å². The first-order valence-electron chi connectivity index (χ1n) is 10.7. The number of nitrogens with one attached hydrogen (secondary N) is 1. The predicted molar refractivity (Wildman–Crippen MR) is 125 cm³/mol. The van der Waals surface area contributed by atoms with Gasteiger partial charge in [0.2, 0.25) is 5.91 Å². The molecule has 2 aromatic rings. The summed E-state index contributed by atoms with van der Waals surface area (Å²) in [5.41, 5.74) is 0.895. The van der Waals surface area contributed by atoms with E-state index in [0.29, 0.717) is 48.9 Å². The Bertz CT molecular complexity index is 1180. The molecular formula is C21H22FN5O7S. The summed E-state index contributed by atoms with van der Waals surface area (Å²) < 4.78 is 20.2. The lowest BCUT2D eigenvalue weighted by Crippen LogP contribution is -2.46. The van der Waals surface area contributed by atoms with Crippen molar-refractivity contribution >= 4 is 51.4 Å². The average Bonchev–Trinajstić information content (AvgIpc) is 3.42. The predicted octanol–water partition coefficient (Wildman–Crippen LogP) is 2.28. The van der Waals surface area contributed by atoms with E-state index in [0.717, 1.165) is 0 Å². The second kappa shape index (κ2) is 9.74. The molecule has 0 unspecified atom stereocenters. The lowest BCUT2D eigenvalue weighted by molar-refractivity contribution is -0.379. The Labute approximate surface area is 202 Å². The molecule has 0 bridgehead atoms. The first kappa shape index (κ1) is 24.2. The Hall–Kier alpha value is -3.94. The van der Waals surface area contributed by atoms with Gasteiger partial charge in [0.25, 0.3) is 0 Å². The number of rotatable bonds is 7. The number of ether oxygens (including phenoxy) is 1. The lowest BCUT2D eigenvalue weighted by Gasteiger charge is -2.36. The van der Waals surface area contributed by atoms with Gasteiger partial charge in [0.1, 0.15) is 22.5 Å². The molecule has 2 aliphatic rings. The van der Waals surface area contributed by atoms with Crippen LogP contribution in [0.5, 0.6) is 0 Å². The summed E-state index contributed by atoms with van der Waals surface area (Å²) in [6.45, 7) is 3.08.